The number of carbonyl (C=O) groups is 1. The van der Waals surface area contributed by atoms with Gasteiger partial charge >= 0.3 is 0 Å². The summed E-state index contributed by atoms with van der Waals surface area (Å²) >= 11 is 1.21. The average Bonchev–Trinajstić information content (AvgIpc) is 3.45. The summed E-state index contributed by atoms with van der Waals surface area (Å²) in [6.07, 6.45) is 1.55. The minimum absolute atomic E-state index is 0.0146. The molecule has 3 heterocycles. The molecule has 3 aromatic rings. The number of hydrogen-bond acceptors (Lipinski definition) is 7. The number of carbonyl (C=O) groups excluding carboxylic acids is 1. The average molecular weight is 448 g/mol. The molecule has 1 N–H and O–H groups in total. The molecule has 30 heavy (non-hydrogen) atoms. The zero-order valence-electron chi connectivity index (χ0n) is 16.1. The lowest BCUT2D eigenvalue weighted by Gasteiger charge is -2.26. The van der Waals surface area contributed by atoms with Gasteiger partial charge in [-0.2, -0.15) is 4.31 Å². The fourth-order valence-electron chi connectivity index (χ4n) is 3.10. The van der Waals surface area contributed by atoms with Crippen LogP contribution in [0.5, 0.6) is 0 Å². The number of benzene rings is 1. The molecule has 0 aliphatic carbocycles. The van der Waals surface area contributed by atoms with Gasteiger partial charge in [0.05, 0.1) is 30.9 Å². The van der Waals surface area contributed by atoms with E-state index in [4.69, 9.17) is 9.15 Å². The molecule has 10 heteroatoms. The van der Waals surface area contributed by atoms with E-state index in [-0.39, 0.29) is 18.2 Å². The molecule has 1 fully saturated rings. The minimum Gasteiger partial charge on any atom is -0.462 e. The summed E-state index contributed by atoms with van der Waals surface area (Å²) in [5.41, 5.74) is 1.35. The maximum absolute atomic E-state index is 12.9. The first-order valence-corrected chi connectivity index (χ1v) is 11.9. The Kier molecular flexibility index (Phi) is 6.28. The van der Waals surface area contributed by atoms with E-state index in [0.29, 0.717) is 47.6 Å². The highest BCUT2D eigenvalue weighted by molar-refractivity contribution is 7.89. The van der Waals surface area contributed by atoms with Gasteiger partial charge in [-0.05, 0) is 12.1 Å². The Morgan fingerprint density at radius 1 is 1.13 bits per heavy atom. The highest BCUT2D eigenvalue weighted by atomic mass is 32.2. The van der Waals surface area contributed by atoms with Crippen LogP contribution in [0.3, 0.4) is 0 Å². The number of nitrogens with one attached hydrogen (secondary N) is 1. The van der Waals surface area contributed by atoms with Crippen molar-refractivity contribution in [1.29, 1.82) is 0 Å². The van der Waals surface area contributed by atoms with Crippen molar-refractivity contribution in [1.82, 2.24) is 14.6 Å². The lowest BCUT2D eigenvalue weighted by molar-refractivity contribution is 0.0730. The van der Waals surface area contributed by atoms with E-state index in [0.717, 1.165) is 5.56 Å². The summed E-state index contributed by atoms with van der Waals surface area (Å²) in [7, 11) is -3.44. The molecular weight excluding hydrogens is 426 g/mol. The number of amides is 1. The van der Waals surface area contributed by atoms with E-state index in [9.17, 15) is 13.2 Å². The number of morpholine rings is 1. The van der Waals surface area contributed by atoms with Crippen LogP contribution in [0, 0.1) is 0 Å². The second kappa shape index (κ2) is 9.09. The summed E-state index contributed by atoms with van der Waals surface area (Å²) in [6.45, 7) is 1.48. The van der Waals surface area contributed by atoms with Crippen LogP contribution >= 0.6 is 11.3 Å². The first-order valence-electron chi connectivity index (χ1n) is 9.48. The Hall–Kier alpha value is -2.53. The molecule has 0 spiro atoms. The highest BCUT2D eigenvalue weighted by Gasteiger charge is 2.25. The zero-order valence-corrected chi connectivity index (χ0v) is 17.7. The van der Waals surface area contributed by atoms with Gasteiger partial charge in [-0.25, -0.2) is 13.4 Å². The van der Waals surface area contributed by atoms with Crippen molar-refractivity contribution in [2.75, 3.05) is 38.6 Å². The molecule has 8 nitrogen and oxygen atoms in total. The third-order valence-electron chi connectivity index (χ3n) is 4.62. The van der Waals surface area contributed by atoms with Crippen LogP contribution in [0.2, 0.25) is 0 Å². The molecule has 1 amide bonds. The summed E-state index contributed by atoms with van der Waals surface area (Å²) in [6, 6.07) is 12.9. The highest BCUT2D eigenvalue weighted by Crippen LogP contribution is 2.34. The number of thiazole rings is 1. The van der Waals surface area contributed by atoms with Crippen LogP contribution in [-0.4, -0.2) is 62.2 Å². The Morgan fingerprint density at radius 3 is 2.60 bits per heavy atom. The van der Waals surface area contributed by atoms with Gasteiger partial charge < -0.3 is 14.5 Å². The van der Waals surface area contributed by atoms with Crippen LogP contribution in [0.25, 0.3) is 22.0 Å². The summed E-state index contributed by atoms with van der Waals surface area (Å²) in [5.74, 6) is 0.0518. The van der Waals surface area contributed by atoms with Gasteiger partial charge in [-0.15, -0.1) is 11.3 Å². The van der Waals surface area contributed by atoms with Gasteiger partial charge in [0, 0.05) is 25.2 Å². The SMILES string of the molecule is O=C(NCCS(=O)(=O)N1CCOCC1)c1sc(-c2ccco2)nc1-c1ccccc1. The Labute approximate surface area is 178 Å². The van der Waals surface area contributed by atoms with Crippen LogP contribution in [0.1, 0.15) is 9.67 Å². The normalized spacial score (nSPS) is 15.2. The topological polar surface area (TPSA) is 102 Å². The monoisotopic (exact) mass is 447 g/mol. The summed E-state index contributed by atoms with van der Waals surface area (Å²) in [5, 5.41) is 3.31. The molecule has 0 bridgehead atoms. The Bertz CT molecular complexity index is 1090. The number of hydrogen-bond donors (Lipinski definition) is 1. The molecule has 1 aliphatic rings. The molecule has 0 saturated carbocycles. The van der Waals surface area contributed by atoms with E-state index < -0.39 is 10.0 Å². The fraction of sp³-hybridized carbons (Fsp3) is 0.300. The largest absolute Gasteiger partial charge is 0.462 e. The Morgan fingerprint density at radius 2 is 1.90 bits per heavy atom. The van der Waals surface area contributed by atoms with Crippen molar-refractivity contribution in [3.63, 3.8) is 0 Å². The molecule has 1 aromatic carbocycles. The number of nitrogens with zero attached hydrogens (tertiary/aromatic N) is 2. The van der Waals surface area contributed by atoms with E-state index in [1.807, 2.05) is 30.3 Å². The second-order valence-electron chi connectivity index (χ2n) is 6.62. The van der Waals surface area contributed by atoms with Gasteiger partial charge in [0.25, 0.3) is 5.91 Å². The van der Waals surface area contributed by atoms with E-state index in [1.165, 1.54) is 15.6 Å². The van der Waals surface area contributed by atoms with Gasteiger partial charge in [-0.1, -0.05) is 30.3 Å². The molecular formula is C20H21N3O5S2. The minimum atomic E-state index is -3.44. The van der Waals surface area contributed by atoms with Crippen molar-refractivity contribution in [2.24, 2.45) is 0 Å². The van der Waals surface area contributed by atoms with E-state index in [1.54, 1.807) is 18.4 Å². The molecule has 1 saturated heterocycles. The zero-order chi connectivity index (χ0) is 21.0. The number of rotatable bonds is 7. The first kappa shape index (κ1) is 20.7. The molecule has 158 valence electrons. The third kappa shape index (κ3) is 4.62. The standard InChI is InChI=1S/C20H21N3O5S2/c24-19(21-8-14-30(25,26)23-9-12-27-13-10-23)18-17(15-5-2-1-3-6-15)22-20(29-18)16-7-4-11-28-16/h1-7,11H,8-10,12-14H2,(H,21,24). The molecule has 0 unspecified atom stereocenters. The number of sulfonamides is 1. The van der Waals surface area contributed by atoms with Crippen LogP contribution in [0.15, 0.2) is 53.1 Å². The van der Waals surface area contributed by atoms with Crippen LogP contribution in [0.4, 0.5) is 0 Å². The predicted octanol–water partition coefficient (Wildman–Crippen LogP) is 2.46. The Balaban J connectivity index is 1.50. The van der Waals surface area contributed by atoms with Crippen LogP contribution < -0.4 is 5.32 Å². The lowest BCUT2D eigenvalue weighted by atomic mass is 10.1. The quantitative estimate of drug-likeness (QED) is 0.597. The van der Waals surface area contributed by atoms with E-state index >= 15 is 0 Å². The second-order valence-corrected chi connectivity index (χ2v) is 9.71. The first-order chi connectivity index (χ1) is 14.5. The van der Waals surface area contributed by atoms with Crippen molar-refractivity contribution < 1.29 is 22.4 Å². The van der Waals surface area contributed by atoms with Crippen molar-refractivity contribution >= 4 is 27.3 Å². The number of furan rings is 1. The molecule has 0 atom stereocenters. The van der Waals surface area contributed by atoms with Gasteiger partial charge in [0.2, 0.25) is 10.0 Å². The van der Waals surface area contributed by atoms with Gasteiger partial charge in [0.15, 0.2) is 10.8 Å². The molecule has 4 rings (SSSR count). The predicted molar refractivity (Wildman–Crippen MR) is 114 cm³/mol. The summed E-state index contributed by atoms with van der Waals surface area (Å²) in [4.78, 5) is 17.9. The van der Waals surface area contributed by atoms with Crippen LogP contribution in [-0.2, 0) is 14.8 Å². The van der Waals surface area contributed by atoms with Crippen molar-refractivity contribution in [2.45, 2.75) is 0 Å². The molecule has 0 radical (unpaired) electrons. The van der Waals surface area contributed by atoms with E-state index in [2.05, 4.69) is 10.3 Å². The summed E-state index contributed by atoms with van der Waals surface area (Å²) < 4.78 is 36.9. The number of aromatic nitrogens is 1. The van der Waals surface area contributed by atoms with Gasteiger partial charge in [-0.3, -0.25) is 4.79 Å². The number of ether oxygens (including phenoxy) is 1. The molecule has 1 aliphatic heterocycles. The third-order valence-corrected chi connectivity index (χ3v) is 7.56. The molecule has 2 aromatic heterocycles. The fourth-order valence-corrected chi connectivity index (χ4v) is 5.39. The van der Waals surface area contributed by atoms with Crippen molar-refractivity contribution in [3.8, 4) is 22.0 Å². The van der Waals surface area contributed by atoms with Crippen molar-refractivity contribution in [3.05, 3.63) is 53.6 Å². The maximum Gasteiger partial charge on any atom is 0.263 e. The maximum atomic E-state index is 12.9. The smallest absolute Gasteiger partial charge is 0.263 e. The lowest BCUT2D eigenvalue weighted by Crippen LogP contribution is -2.43. The van der Waals surface area contributed by atoms with Gasteiger partial charge in [0.1, 0.15) is 4.88 Å².